The van der Waals surface area contributed by atoms with Gasteiger partial charge in [-0.3, -0.25) is 14.7 Å². The average Bonchev–Trinajstić information content (AvgIpc) is 3.06. The highest BCUT2D eigenvalue weighted by Crippen LogP contribution is 2.37. The molecule has 0 radical (unpaired) electrons. The topological polar surface area (TPSA) is 74.8 Å². The van der Waals surface area contributed by atoms with Gasteiger partial charge in [-0.05, 0) is 36.8 Å². The van der Waals surface area contributed by atoms with Crippen LogP contribution in [0.25, 0.3) is 10.9 Å². The number of carbonyl (C=O) groups is 2. The largest absolute Gasteiger partial charge is 0.380 e. The number of likely N-dealkylation sites (N-methyl/N-ethyl adjacent to an activating group) is 1. The lowest BCUT2D eigenvalue weighted by Crippen LogP contribution is -2.30. The van der Waals surface area contributed by atoms with Crippen LogP contribution < -0.4 is 10.2 Å². The van der Waals surface area contributed by atoms with Crippen LogP contribution in [0.15, 0.2) is 36.5 Å². The standard InChI is InChI=1S/C23H22Cl2N4O3/c1-13-9-15-20(18(10-13)27-22(30)19-16(24)5-4-6-17(19)25)26-11-14(12-32-3)21(15)29-8-7-28(2)23(29)31/h4-6,9-11H,7-8,12H2,1-3H3,(H,27,30). The number of anilines is 2. The summed E-state index contributed by atoms with van der Waals surface area (Å²) < 4.78 is 5.36. The van der Waals surface area contributed by atoms with Crippen LogP contribution in [0.3, 0.4) is 0 Å². The van der Waals surface area contributed by atoms with Crippen molar-refractivity contribution < 1.29 is 14.3 Å². The first-order chi connectivity index (χ1) is 15.3. The number of methoxy groups -OCH3 is 1. The fourth-order valence-corrected chi connectivity index (χ4v) is 4.47. The van der Waals surface area contributed by atoms with Gasteiger partial charge in [-0.15, -0.1) is 0 Å². The number of aromatic nitrogens is 1. The Morgan fingerprint density at radius 2 is 1.94 bits per heavy atom. The quantitative estimate of drug-likeness (QED) is 0.558. The second-order valence-corrected chi connectivity index (χ2v) is 8.49. The maximum Gasteiger partial charge on any atom is 0.324 e. The lowest BCUT2D eigenvalue weighted by Gasteiger charge is -2.22. The van der Waals surface area contributed by atoms with Gasteiger partial charge in [0, 0.05) is 44.4 Å². The average molecular weight is 473 g/mol. The van der Waals surface area contributed by atoms with E-state index in [1.165, 1.54) is 0 Å². The molecule has 1 fully saturated rings. The summed E-state index contributed by atoms with van der Waals surface area (Å²) in [6.07, 6.45) is 1.68. The van der Waals surface area contributed by atoms with E-state index in [4.69, 9.17) is 27.9 Å². The van der Waals surface area contributed by atoms with Gasteiger partial charge in [0.15, 0.2) is 0 Å². The molecule has 1 aromatic heterocycles. The first kappa shape index (κ1) is 22.3. The van der Waals surface area contributed by atoms with Crippen LogP contribution in [0.4, 0.5) is 16.2 Å². The summed E-state index contributed by atoms with van der Waals surface area (Å²) in [6.45, 7) is 3.39. The minimum atomic E-state index is -0.436. The van der Waals surface area contributed by atoms with Crippen LogP contribution in [-0.4, -0.2) is 49.1 Å². The Kier molecular flexibility index (Phi) is 6.24. The molecule has 0 atom stereocenters. The number of hydrogen-bond donors (Lipinski definition) is 1. The molecule has 9 heteroatoms. The minimum Gasteiger partial charge on any atom is -0.380 e. The third-order valence-corrected chi connectivity index (χ3v) is 6.02. The van der Waals surface area contributed by atoms with Crippen LogP contribution in [0.2, 0.25) is 10.0 Å². The highest BCUT2D eigenvalue weighted by molar-refractivity contribution is 6.40. The number of aryl methyl sites for hydroxylation is 1. The van der Waals surface area contributed by atoms with Gasteiger partial charge in [0.2, 0.25) is 0 Å². The normalized spacial score (nSPS) is 13.8. The minimum absolute atomic E-state index is 0.0928. The number of halogens is 2. The van der Waals surface area contributed by atoms with E-state index in [9.17, 15) is 9.59 Å². The fourth-order valence-electron chi connectivity index (χ4n) is 3.90. The molecule has 0 unspecified atom stereocenters. The van der Waals surface area contributed by atoms with Gasteiger partial charge >= 0.3 is 6.03 Å². The van der Waals surface area contributed by atoms with Crippen LogP contribution in [0.5, 0.6) is 0 Å². The lowest BCUT2D eigenvalue weighted by atomic mass is 10.0. The Bertz CT molecular complexity index is 1210. The van der Waals surface area contributed by atoms with Gasteiger partial charge in [-0.1, -0.05) is 29.3 Å². The molecule has 2 aromatic carbocycles. The van der Waals surface area contributed by atoms with Crippen molar-refractivity contribution in [3.05, 3.63) is 63.3 Å². The van der Waals surface area contributed by atoms with Crippen molar-refractivity contribution >= 4 is 57.4 Å². The van der Waals surface area contributed by atoms with E-state index in [2.05, 4.69) is 10.3 Å². The van der Waals surface area contributed by atoms with Gasteiger partial charge in [0.1, 0.15) is 0 Å². The zero-order valence-electron chi connectivity index (χ0n) is 17.9. The third-order valence-electron chi connectivity index (χ3n) is 5.39. The van der Waals surface area contributed by atoms with E-state index in [1.807, 2.05) is 19.1 Å². The Hall–Kier alpha value is -2.87. The number of pyridine rings is 1. The van der Waals surface area contributed by atoms with Crippen molar-refractivity contribution in [3.63, 3.8) is 0 Å². The SMILES string of the molecule is COCc1cnc2c(NC(=O)c3c(Cl)cccc3Cl)cc(C)cc2c1N1CCN(C)C1=O. The molecule has 0 saturated carbocycles. The number of hydrogen-bond acceptors (Lipinski definition) is 4. The summed E-state index contributed by atoms with van der Waals surface area (Å²) in [4.78, 5) is 33.8. The molecule has 0 aliphatic carbocycles. The molecule has 7 nitrogen and oxygen atoms in total. The van der Waals surface area contributed by atoms with E-state index in [0.29, 0.717) is 30.9 Å². The number of carbonyl (C=O) groups excluding carboxylic acids is 2. The van der Waals surface area contributed by atoms with E-state index in [1.54, 1.807) is 48.4 Å². The van der Waals surface area contributed by atoms with Gasteiger partial charge < -0.3 is 15.0 Å². The number of nitrogens with one attached hydrogen (secondary N) is 1. The summed E-state index contributed by atoms with van der Waals surface area (Å²) in [5.41, 5.74) is 3.69. The molecule has 3 amide bonds. The number of rotatable bonds is 5. The Balaban J connectivity index is 1.86. The van der Waals surface area contributed by atoms with E-state index in [-0.39, 0.29) is 21.6 Å². The molecule has 4 rings (SSSR count). The van der Waals surface area contributed by atoms with Crippen molar-refractivity contribution in [3.8, 4) is 0 Å². The smallest absolute Gasteiger partial charge is 0.324 e. The molecule has 0 bridgehead atoms. The summed E-state index contributed by atoms with van der Waals surface area (Å²) in [6, 6.07) is 8.60. The predicted octanol–water partition coefficient (Wildman–Crippen LogP) is 5.12. The number of fused-ring (bicyclic) bond motifs is 1. The molecular weight excluding hydrogens is 451 g/mol. The predicted molar refractivity (Wildman–Crippen MR) is 127 cm³/mol. The number of amides is 3. The highest BCUT2D eigenvalue weighted by Gasteiger charge is 2.30. The number of urea groups is 1. The first-order valence-corrected chi connectivity index (χ1v) is 10.8. The molecule has 166 valence electrons. The van der Waals surface area contributed by atoms with Crippen LogP contribution in [-0.2, 0) is 11.3 Å². The van der Waals surface area contributed by atoms with E-state index < -0.39 is 5.91 Å². The van der Waals surface area contributed by atoms with Crippen LogP contribution in [0, 0.1) is 6.92 Å². The van der Waals surface area contributed by atoms with Crippen molar-refractivity contribution in [2.45, 2.75) is 13.5 Å². The first-order valence-electron chi connectivity index (χ1n) is 10.0. The van der Waals surface area contributed by atoms with E-state index in [0.717, 1.165) is 22.2 Å². The zero-order valence-corrected chi connectivity index (χ0v) is 19.4. The molecule has 1 aliphatic rings. The van der Waals surface area contributed by atoms with Crippen LogP contribution in [0.1, 0.15) is 21.5 Å². The highest BCUT2D eigenvalue weighted by atomic mass is 35.5. The second-order valence-electron chi connectivity index (χ2n) is 7.68. The van der Waals surface area contributed by atoms with Gasteiger partial charge in [-0.2, -0.15) is 0 Å². The molecule has 1 N–H and O–H groups in total. The summed E-state index contributed by atoms with van der Waals surface area (Å²) in [5, 5.41) is 4.17. The van der Waals surface area contributed by atoms with Gasteiger partial charge in [0.25, 0.3) is 5.91 Å². The second kappa shape index (κ2) is 8.94. The van der Waals surface area contributed by atoms with Crippen molar-refractivity contribution in [2.75, 3.05) is 37.5 Å². The van der Waals surface area contributed by atoms with Gasteiger partial charge in [0.05, 0.1) is 39.1 Å². The maximum atomic E-state index is 13.0. The van der Waals surface area contributed by atoms with E-state index >= 15 is 0 Å². The summed E-state index contributed by atoms with van der Waals surface area (Å²) in [7, 11) is 3.37. The van der Waals surface area contributed by atoms with Crippen LogP contribution >= 0.6 is 23.2 Å². The maximum absolute atomic E-state index is 13.0. The monoisotopic (exact) mass is 472 g/mol. The molecular formula is C23H22Cl2N4O3. The number of benzene rings is 2. The summed E-state index contributed by atoms with van der Waals surface area (Å²) >= 11 is 12.4. The molecule has 0 spiro atoms. The summed E-state index contributed by atoms with van der Waals surface area (Å²) in [5.74, 6) is -0.436. The molecule has 32 heavy (non-hydrogen) atoms. The lowest BCUT2D eigenvalue weighted by molar-refractivity contribution is 0.102. The molecule has 1 saturated heterocycles. The van der Waals surface area contributed by atoms with Crippen molar-refractivity contribution in [1.29, 1.82) is 0 Å². The number of ether oxygens (including phenoxy) is 1. The Labute approximate surface area is 195 Å². The van der Waals surface area contributed by atoms with Gasteiger partial charge in [-0.25, -0.2) is 4.79 Å². The zero-order chi connectivity index (χ0) is 23.0. The molecule has 2 heterocycles. The molecule has 3 aromatic rings. The Morgan fingerprint density at radius 3 is 2.56 bits per heavy atom. The third kappa shape index (κ3) is 3.99. The van der Waals surface area contributed by atoms with Crippen molar-refractivity contribution in [2.24, 2.45) is 0 Å². The Morgan fingerprint density at radius 1 is 1.22 bits per heavy atom. The molecule has 1 aliphatic heterocycles. The number of nitrogens with zero attached hydrogens (tertiary/aromatic N) is 3. The fraction of sp³-hybridized carbons (Fsp3) is 0.261. The van der Waals surface area contributed by atoms with Crippen molar-refractivity contribution in [1.82, 2.24) is 9.88 Å².